The molecule has 11 rings (SSSR count). The van der Waals surface area contributed by atoms with Crippen molar-refractivity contribution in [3.05, 3.63) is 93.0 Å². The molecule has 4 unspecified atom stereocenters. The summed E-state index contributed by atoms with van der Waals surface area (Å²) in [5.74, 6) is 7.06. The first-order chi connectivity index (χ1) is 23.2. The first kappa shape index (κ1) is 31.2. The molecule has 0 aliphatic heterocycles. The van der Waals surface area contributed by atoms with Crippen molar-refractivity contribution in [3.63, 3.8) is 0 Å². The van der Waals surface area contributed by atoms with Crippen LogP contribution >= 0.6 is 0 Å². The molecule has 0 heterocycles. The fraction of sp³-hybridized carbons (Fsp3) is 0.591. The SMILES string of the molecule is Cc1ccc(C(c2cc(C)c(OCOC34CC5CC(CC3C5)C4)c(C)c2)c2cc(C)c(OCOC34CC5CC(CC3C5)C4)c(C)c2)cc1. The van der Waals surface area contributed by atoms with Crippen molar-refractivity contribution >= 4 is 0 Å². The van der Waals surface area contributed by atoms with Gasteiger partial charge in [0.25, 0.3) is 0 Å². The summed E-state index contributed by atoms with van der Waals surface area (Å²) >= 11 is 0. The molecule has 3 aromatic carbocycles. The lowest BCUT2D eigenvalue weighted by atomic mass is 9.81. The van der Waals surface area contributed by atoms with E-state index in [1.807, 2.05) is 0 Å². The van der Waals surface area contributed by atoms with Crippen molar-refractivity contribution in [3.8, 4) is 11.5 Å². The van der Waals surface area contributed by atoms with Gasteiger partial charge in [0, 0.05) is 5.92 Å². The van der Waals surface area contributed by atoms with Gasteiger partial charge in [0.1, 0.15) is 11.5 Å². The van der Waals surface area contributed by atoms with E-state index in [9.17, 15) is 0 Å². The van der Waals surface area contributed by atoms with Crippen molar-refractivity contribution in [2.24, 2.45) is 35.5 Å². The van der Waals surface area contributed by atoms with Gasteiger partial charge in [-0.05, 0) is 173 Å². The lowest BCUT2D eigenvalue weighted by Gasteiger charge is -2.33. The Balaban J connectivity index is 0.945. The lowest BCUT2D eigenvalue weighted by molar-refractivity contribution is -0.122. The third kappa shape index (κ3) is 5.23. The van der Waals surface area contributed by atoms with Gasteiger partial charge in [0.05, 0.1) is 11.2 Å². The molecule has 0 N–H and O–H groups in total. The molecule has 48 heavy (non-hydrogen) atoms. The predicted octanol–water partition coefficient (Wildman–Crippen LogP) is 10.3. The average Bonchev–Trinajstić information content (AvgIpc) is 3.62. The van der Waals surface area contributed by atoms with Gasteiger partial charge >= 0.3 is 0 Å². The second kappa shape index (κ2) is 11.6. The van der Waals surface area contributed by atoms with E-state index in [2.05, 4.69) is 83.1 Å². The molecule has 8 aliphatic carbocycles. The molecule has 0 spiro atoms. The predicted molar refractivity (Wildman–Crippen MR) is 190 cm³/mol. The van der Waals surface area contributed by atoms with E-state index in [1.165, 1.54) is 109 Å². The van der Waals surface area contributed by atoms with Gasteiger partial charge in [0.2, 0.25) is 0 Å². The largest absolute Gasteiger partial charge is 0.467 e. The van der Waals surface area contributed by atoms with Crippen LogP contribution in [0.1, 0.15) is 115 Å². The van der Waals surface area contributed by atoms with E-state index in [4.69, 9.17) is 18.9 Å². The highest BCUT2D eigenvalue weighted by Gasteiger charge is 2.59. The highest BCUT2D eigenvalue weighted by molar-refractivity contribution is 5.54. The minimum atomic E-state index is 0.0824. The smallest absolute Gasteiger partial charge is 0.189 e. The van der Waals surface area contributed by atoms with Crippen LogP contribution < -0.4 is 9.47 Å². The highest BCUT2D eigenvalue weighted by atomic mass is 16.7. The van der Waals surface area contributed by atoms with Crippen LogP contribution in [0.5, 0.6) is 11.5 Å². The maximum atomic E-state index is 6.63. The fourth-order valence-electron chi connectivity index (χ4n) is 12.4. The Kier molecular flexibility index (Phi) is 7.55. The molecule has 4 nitrogen and oxygen atoms in total. The molecule has 8 aliphatic rings. The highest BCUT2D eigenvalue weighted by Crippen LogP contribution is 2.63. The second-order valence-corrected chi connectivity index (χ2v) is 17.3. The maximum absolute atomic E-state index is 6.63. The third-order valence-electron chi connectivity index (χ3n) is 14.0. The average molecular weight is 647 g/mol. The second-order valence-electron chi connectivity index (χ2n) is 17.3. The molecule has 8 saturated carbocycles. The Morgan fingerprint density at radius 3 is 1.27 bits per heavy atom. The number of hydrogen-bond acceptors (Lipinski definition) is 4. The summed E-state index contributed by atoms with van der Waals surface area (Å²) < 4.78 is 26.2. The zero-order valence-electron chi connectivity index (χ0n) is 29.8. The zero-order chi connectivity index (χ0) is 32.8. The van der Waals surface area contributed by atoms with Crippen molar-refractivity contribution in [2.45, 2.75) is 116 Å². The van der Waals surface area contributed by atoms with Gasteiger partial charge in [-0.3, -0.25) is 0 Å². The topological polar surface area (TPSA) is 36.9 Å². The number of aryl methyl sites for hydroxylation is 5. The Labute approximate surface area is 287 Å². The first-order valence-corrected chi connectivity index (χ1v) is 19.0. The van der Waals surface area contributed by atoms with Crippen LogP contribution in [0, 0.1) is 70.1 Å². The normalized spacial score (nSPS) is 34.4. The Bertz CT molecular complexity index is 1530. The van der Waals surface area contributed by atoms with Crippen molar-refractivity contribution in [1.29, 1.82) is 0 Å². The molecule has 0 aromatic heterocycles. The number of ether oxygens (including phenoxy) is 4. The summed E-state index contributed by atoms with van der Waals surface area (Å²) in [6, 6.07) is 18.4. The van der Waals surface area contributed by atoms with Crippen molar-refractivity contribution in [1.82, 2.24) is 0 Å². The van der Waals surface area contributed by atoms with Gasteiger partial charge in [-0.1, -0.05) is 54.1 Å². The van der Waals surface area contributed by atoms with Crippen LogP contribution in [-0.4, -0.2) is 24.8 Å². The number of rotatable bonds is 11. The summed E-state index contributed by atoms with van der Waals surface area (Å²) in [5, 5.41) is 0. The van der Waals surface area contributed by atoms with Crippen LogP contribution in [0.25, 0.3) is 0 Å². The van der Waals surface area contributed by atoms with Gasteiger partial charge in [0.15, 0.2) is 13.6 Å². The Morgan fingerprint density at radius 1 is 0.521 bits per heavy atom. The van der Waals surface area contributed by atoms with Gasteiger partial charge in [-0.2, -0.15) is 0 Å². The molecule has 0 saturated heterocycles. The minimum Gasteiger partial charge on any atom is -0.467 e. The van der Waals surface area contributed by atoms with Crippen LogP contribution in [0.15, 0.2) is 48.5 Å². The van der Waals surface area contributed by atoms with E-state index in [1.54, 1.807) is 0 Å². The number of hydrogen-bond donors (Lipinski definition) is 0. The summed E-state index contributed by atoms with van der Waals surface area (Å²) in [6.07, 6.45) is 13.3. The van der Waals surface area contributed by atoms with Gasteiger partial charge in [-0.15, -0.1) is 0 Å². The molecule has 3 aromatic rings. The quantitative estimate of drug-likeness (QED) is 0.153. The lowest BCUT2D eigenvalue weighted by Crippen LogP contribution is -2.35. The van der Waals surface area contributed by atoms with Crippen LogP contribution in [-0.2, 0) is 9.47 Å². The molecule has 254 valence electrons. The summed E-state index contributed by atoms with van der Waals surface area (Å²) in [6.45, 7) is 11.6. The van der Waals surface area contributed by atoms with Gasteiger partial charge in [-0.25, -0.2) is 0 Å². The molecule has 0 radical (unpaired) electrons. The van der Waals surface area contributed by atoms with E-state index in [0.717, 1.165) is 47.0 Å². The van der Waals surface area contributed by atoms with E-state index in [0.29, 0.717) is 13.6 Å². The molecule has 8 bridgehead atoms. The minimum absolute atomic E-state index is 0.0824. The fourth-order valence-corrected chi connectivity index (χ4v) is 12.4. The maximum Gasteiger partial charge on any atom is 0.189 e. The van der Waals surface area contributed by atoms with Gasteiger partial charge < -0.3 is 18.9 Å². The first-order valence-electron chi connectivity index (χ1n) is 19.0. The molecule has 4 heteroatoms. The van der Waals surface area contributed by atoms with Crippen LogP contribution in [0.3, 0.4) is 0 Å². The molecule has 0 amide bonds. The number of benzene rings is 3. The van der Waals surface area contributed by atoms with E-state index in [-0.39, 0.29) is 17.1 Å². The van der Waals surface area contributed by atoms with E-state index < -0.39 is 0 Å². The molecular weight excluding hydrogens is 592 g/mol. The zero-order valence-corrected chi connectivity index (χ0v) is 29.8. The van der Waals surface area contributed by atoms with Crippen LogP contribution in [0.4, 0.5) is 0 Å². The van der Waals surface area contributed by atoms with Crippen molar-refractivity contribution in [2.75, 3.05) is 13.6 Å². The Morgan fingerprint density at radius 2 is 0.896 bits per heavy atom. The van der Waals surface area contributed by atoms with Crippen LogP contribution in [0.2, 0.25) is 0 Å². The Hall–Kier alpha value is -2.82. The molecular formula is C44H54O4. The van der Waals surface area contributed by atoms with E-state index >= 15 is 0 Å². The standard InChI is InChI=1S/C44H54O4/c1-26-6-8-35(9-7-26)40(36-10-27(2)41(28(3)11-36)45-24-47-43-20-31-14-32(21-43)17-38(43)16-31)37-12-29(4)42(30(5)13-37)46-25-48-44-22-33-15-34(23-44)19-39(44)18-33/h6-13,31-34,38-40H,14-25H2,1-5H3. The summed E-state index contributed by atoms with van der Waals surface area (Å²) in [7, 11) is 0. The summed E-state index contributed by atoms with van der Waals surface area (Å²) in [5.41, 5.74) is 9.98. The van der Waals surface area contributed by atoms with Crippen molar-refractivity contribution < 1.29 is 18.9 Å². The molecule has 8 fully saturated rings. The molecule has 4 atom stereocenters. The monoisotopic (exact) mass is 646 g/mol. The third-order valence-corrected chi connectivity index (χ3v) is 14.0. The summed E-state index contributed by atoms with van der Waals surface area (Å²) in [4.78, 5) is 0.